The van der Waals surface area contributed by atoms with Gasteiger partial charge in [0.15, 0.2) is 0 Å². The minimum Gasteiger partial charge on any atom is -0.311 e. The molecule has 0 aliphatic heterocycles. The van der Waals surface area contributed by atoms with Crippen molar-refractivity contribution >= 4 is 11.6 Å². The average Bonchev–Trinajstić information content (AvgIpc) is 2.87. The molecular weight excluding hydrogens is 266 g/mol. The second kappa shape index (κ2) is 6.95. The van der Waals surface area contributed by atoms with Crippen molar-refractivity contribution in [3.63, 3.8) is 0 Å². The maximum atomic E-state index is 6.02. The van der Waals surface area contributed by atoms with Crippen LogP contribution in [0.2, 0.25) is 5.02 Å². The summed E-state index contributed by atoms with van der Waals surface area (Å²) in [6, 6.07) is 8.45. The molecule has 1 aliphatic rings. The number of benzene rings is 1. The summed E-state index contributed by atoms with van der Waals surface area (Å²) < 4.78 is 0. The molecule has 112 valence electrons. The van der Waals surface area contributed by atoms with E-state index in [9.17, 15) is 0 Å². The highest BCUT2D eigenvalue weighted by Gasteiger charge is 2.22. The highest BCUT2D eigenvalue weighted by molar-refractivity contribution is 6.30. The van der Waals surface area contributed by atoms with Crippen LogP contribution in [0.5, 0.6) is 0 Å². The zero-order valence-electron chi connectivity index (χ0n) is 13.1. The van der Waals surface area contributed by atoms with Crippen LogP contribution in [0.4, 0.5) is 0 Å². The Hall–Kier alpha value is -0.530. The minimum absolute atomic E-state index is 0.181. The van der Waals surface area contributed by atoms with Crippen molar-refractivity contribution in [2.45, 2.75) is 64.3 Å². The summed E-state index contributed by atoms with van der Waals surface area (Å²) in [6.07, 6.45) is 6.99. The molecule has 0 amide bonds. The summed E-state index contributed by atoms with van der Waals surface area (Å²) >= 11 is 6.02. The van der Waals surface area contributed by atoms with E-state index in [-0.39, 0.29) is 5.54 Å². The fraction of sp³-hybridized carbons (Fsp3) is 0.667. The van der Waals surface area contributed by atoms with E-state index in [0.717, 1.165) is 17.5 Å². The molecule has 1 atom stereocenters. The zero-order chi connectivity index (χ0) is 14.6. The zero-order valence-corrected chi connectivity index (χ0v) is 13.8. The lowest BCUT2D eigenvalue weighted by molar-refractivity contribution is 0.368. The van der Waals surface area contributed by atoms with Gasteiger partial charge in [0.1, 0.15) is 0 Å². The summed E-state index contributed by atoms with van der Waals surface area (Å²) in [5, 5.41) is 4.51. The van der Waals surface area contributed by atoms with Crippen LogP contribution in [0.15, 0.2) is 24.3 Å². The van der Waals surface area contributed by atoms with Crippen LogP contribution in [-0.4, -0.2) is 12.1 Å². The van der Waals surface area contributed by atoms with Crippen molar-refractivity contribution in [1.82, 2.24) is 5.32 Å². The molecule has 0 bridgehead atoms. The lowest BCUT2D eigenvalue weighted by Crippen LogP contribution is -2.38. The lowest BCUT2D eigenvalue weighted by Gasteiger charge is -2.27. The first-order valence-corrected chi connectivity index (χ1v) is 8.32. The predicted molar refractivity (Wildman–Crippen MR) is 88.5 cm³/mol. The molecule has 1 aromatic carbocycles. The van der Waals surface area contributed by atoms with Gasteiger partial charge in [-0.1, -0.05) is 49.4 Å². The van der Waals surface area contributed by atoms with Gasteiger partial charge in [-0.15, -0.1) is 0 Å². The summed E-state index contributed by atoms with van der Waals surface area (Å²) in [4.78, 5) is 0. The van der Waals surface area contributed by atoms with Crippen LogP contribution in [0, 0.1) is 5.92 Å². The molecule has 1 aromatic rings. The first-order valence-electron chi connectivity index (χ1n) is 7.94. The van der Waals surface area contributed by atoms with Crippen LogP contribution in [0.3, 0.4) is 0 Å². The second-order valence-electron chi connectivity index (χ2n) is 7.27. The van der Waals surface area contributed by atoms with Gasteiger partial charge >= 0.3 is 0 Å². The Morgan fingerprint density at radius 1 is 1.15 bits per heavy atom. The number of halogens is 1. The van der Waals surface area contributed by atoms with Gasteiger partial charge in [-0.3, -0.25) is 0 Å². The Balaban J connectivity index is 2.03. The van der Waals surface area contributed by atoms with E-state index in [0.29, 0.717) is 5.92 Å². The topological polar surface area (TPSA) is 12.0 Å². The molecule has 1 aliphatic carbocycles. The van der Waals surface area contributed by atoms with Crippen molar-refractivity contribution in [1.29, 1.82) is 0 Å². The molecule has 1 nitrogen and oxygen atoms in total. The molecule has 0 saturated heterocycles. The van der Waals surface area contributed by atoms with Gasteiger partial charge in [0.2, 0.25) is 0 Å². The average molecular weight is 294 g/mol. The van der Waals surface area contributed by atoms with E-state index in [2.05, 4.69) is 38.2 Å². The second-order valence-corrected chi connectivity index (χ2v) is 7.70. The van der Waals surface area contributed by atoms with Crippen molar-refractivity contribution in [3.8, 4) is 0 Å². The normalized spacial score (nSPS) is 18.4. The fourth-order valence-electron chi connectivity index (χ4n) is 3.15. The SMILES string of the molecule is CC(C)(C)NCC(CC1CCCC1)c1ccc(Cl)cc1. The number of rotatable bonds is 5. The predicted octanol–water partition coefficient (Wildman–Crippen LogP) is 5.39. The Bertz CT molecular complexity index is 398. The van der Waals surface area contributed by atoms with Crippen LogP contribution in [-0.2, 0) is 0 Å². The number of nitrogens with one attached hydrogen (secondary N) is 1. The van der Waals surface area contributed by atoms with Gasteiger partial charge < -0.3 is 5.32 Å². The molecule has 0 spiro atoms. The van der Waals surface area contributed by atoms with Crippen molar-refractivity contribution in [2.24, 2.45) is 5.92 Å². The maximum absolute atomic E-state index is 6.02. The smallest absolute Gasteiger partial charge is 0.0406 e. The molecule has 20 heavy (non-hydrogen) atoms. The third kappa shape index (κ3) is 5.10. The third-order valence-corrected chi connectivity index (χ3v) is 4.56. The molecule has 0 radical (unpaired) electrons. The van der Waals surface area contributed by atoms with Gasteiger partial charge in [-0.2, -0.15) is 0 Å². The van der Waals surface area contributed by atoms with E-state index in [1.54, 1.807) is 0 Å². The van der Waals surface area contributed by atoms with Gasteiger partial charge in [0.05, 0.1) is 0 Å². The summed E-state index contributed by atoms with van der Waals surface area (Å²) in [6.45, 7) is 7.77. The molecular formula is C18H28ClN. The Kier molecular flexibility index (Phi) is 5.51. The highest BCUT2D eigenvalue weighted by Crippen LogP contribution is 2.34. The van der Waals surface area contributed by atoms with E-state index >= 15 is 0 Å². The molecule has 2 rings (SSSR count). The largest absolute Gasteiger partial charge is 0.311 e. The van der Waals surface area contributed by atoms with Gasteiger partial charge in [0.25, 0.3) is 0 Å². The number of hydrogen-bond acceptors (Lipinski definition) is 1. The molecule has 0 heterocycles. The molecule has 1 fully saturated rings. The van der Waals surface area contributed by atoms with Crippen molar-refractivity contribution in [2.75, 3.05) is 6.54 Å². The van der Waals surface area contributed by atoms with E-state index < -0.39 is 0 Å². The maximum Gasteiger partial charge on any atom is 0.0406 e. The molecule has 1 N–H and O–H groups in total. The summed E-state index contributed by atoms with van der Waals surface area (Å²) in [7, 11) is 0. The fourth-order valence-corrected chi connectivity index (χ4v) is 3.28. The Morgan fingerprint density at radius 2 is 1.75 bits per heavy atom. The Labute approximate surface area is 129 Å². The quantitative estimate of drug-likeness (QED) is 0.767. The molecule has 1 saturated carbocycles. The Morgan fingerprint density at radius 3 is 2.30 bits per heavy atom. The van der Waals surface area contributed by atoms with Crippen molar-refractivity contribution in [3.05, 3.63) is 34.9 Å². The molecule has 2 heteroatoms. The van der Waals surface area contributed by atoms with Gasteiger partial charge in [-0.05, 0) is 56.7 Å². The van der Waals surface area contributed by atoms with Crippen LogP contribution in [0.25, 0.3) is 0 Å². The van der Waals surface area contributed by atoms with Crippen LogP contribution < -0.4 is 5.32 Å². The van der Waals surface area contributed by atoms with Crippen molar-refractivity contribution < 1.29 is 0 Å². The summed E-state index contributed by atoms with van der Waals surface area (Å²) in [5.74, 6) is 1.52. The first kappa shape index (κ1) is 15.9. The molecule has 1 unspecified atom stereocenters. The van der Waals surface area contributed by atoms with E-state index in [1.807, 2.05) is 12.1 Å². The van der Waals surface area contributed by atoms with Gasteiger partial charge in [0, 0.05) is 17.1 Å². The molecule has 0 aromatic heterocycles. The van der Waals surface area contributed by atoms with E-state index in [4.69, 9.17) is 11.6 Å². The van der Waals surface area contributed by atoms with E-state index in [1.165, 1.54) is 37.7 Å². The minimum atomic E-state index is 0.181. The van der Waals surface area contributed by atoms with Crippen LogP contribution >= 0.6 is 11.6 Å². The van der Waals surface area contributed by atoms with Crippen LogP contribution in [0.1, 0.15) is 64.4 Å². The van der Waals surface area contributed by atoms with Gasteiger partial charge in [-0.25, -0.2) is 0 Å². The highest BCUT2D eigenvalue weighted by atomic mass is 35.5. The standard InChI is InChI=1S/C18H28ClN/c1-18(2,3)20-13-16(12-14-6-4-5-7-14)15-8-10-17(19)11-9-15/h8-11,14,16,20H,4-7,12-13H2,1-3H3. The number of hydrogen-bond donors (Lipinski definition) is 1. The lowest BCUT2D eigenvalue weighted by atomic mass is 9.87. The summed E-state index contributed by atoms with van der Waals surface area (Å²) in [5.41, 5.74) is 1.61. The third-order valence-electron chi connectivity index (χ3n) is 4.31. The first-order chi connectivity index (χ1) is 9.44. The monoisotopic (exact) mass is 293 g/mol.